The number of hydrogen-bond acceptors (Lipinski definition) is 5. The minimum Gasteiger partial charge on any atom is -0.399 e. The van der Waals surface area contributed by atoms with E-state index in [1.54, 1.807) is 55.6 Å². The highest BCUT2D eigenvalue weighted by atomic mass is 35.5. The molecule has 0 bridgehead atoms. The number of anilines is 2. The lowest BCUT2D eigenvalue weighted by Gasteiger charge is -2.34. The molecular formula is C29H30ClN5O4. The van der Waals surface area contributed by atoms with Crippen molar-refractivity contribution in [3.63, 3.8) is 0 Å². The van der Waals surface area contributed by atoms with Gasteiger partial charge in [0.1, 0.15) is 12.6 Å². The molecule has 10 heteroatoms. The molecule has 202 valence electrons. The Balaban J connectivity index is 1.40. The predicted octanol–water partition coefficient (Wildman–Crippen LogP) is 2.60. The highest BCUT2D eigenvalue weighted by Gasteiger charge is 2.31. The van der Waals surface area contributed by atoms with Crippen LogP contribution in [0.1, 0.15) is 15.9 Å². The van der Waals surface area contributed by atoms with Crippen LogP contribution >= 0.6 is 11.6 Å². The third-order valence-corrected chi connectivity index (χ3v) is 6.81. The summed E-state index contributed by atoms with van der Waals surface area (Å²) in [6.07, 6.45) is 0.279. The van der Waals surface area contributed by atoms with Crippen LogP contribution in [0.5, 0.6) is 0 Å². The van der Waals surface area contributed by atoms with Crippen LogP contribution < -0.4 is 16.0 Å². The van der Waals surface area contributed by atoms with E-state index in [1.807, 2.05) is 30.3 Å². The fraction of sp³-hybridized carbons (Fsp3) is 0.241. The number of nitrogen functional groups attached to an aromatic ring is 1. The van der Waals surface area contributed by atoms with Crippen molar-refractivity contribution in [1.29, 1.82) is 0 Å². The third kappa shape index (κ3) is 7.14. The first-order valence-electron chi connectivity index (χ1n) is 12.5. The highest BCUT2D eigenvalue weighted by molar-refractivity contribution is 6.30. The molecule has 0 spiro atoms. The fourth-order valence-electron chi connectivity index (χ4n) is 4.35. The Bertz CT molecular complexity index is 1330. The number of likely N-dealkylation sites (N-methyl/N-ethyl adjacent to an activating group) is 1. The molecule has 1 atom stereocenters. The lowest BCUT2D eigenvalue weighted by atomic mass is 10.0. The van der Waals surface area contributed by atoms with Gasteiger partial charge in [-0.15, -0.1) is 0 Å². The van der Waals surface area contributed by atoms with Gasteiger partial charge in [-0.2, -0.15) is 0 Å². The number of carbonyl (C=O) groups is 4. The van der Waals surface area contributed by atoms with Gasteiger partial charge in [0.25, 0.3) is 5.91 Å². The Labute approximate surface area is 232 Å². The van der Waals surface area contributed by atoms with Gasteiger partial charge in [0.05, 0.1) is 6.54 Å². The SMILES string of the molecule is CN(C(=O)C(Cc1ccccc1)NC(=O)CN1CCN(C(=O)c2ccc(N)cc2)CC1=O)c1ccc(Cl)cc1. The molecule has 0 aliphatic carbocycles. The van der Waals surface area contributed by atoms with E-state index in [-0.39, 0.29) is 50.3 Å². The highest BCUT2D eigenvalue weighted by Crippen LogP contribution is 2.18. The normalized spacial score (nSPS) is 14.1. The summed E-state index contributed by atoms with van der Waals surface area (Å²) in [6.45, 7) is 0.136. The predicted molar refractivity (Wildman–Crippen MR) is 150 cm³/mol. The van der Waals surface area contributed by atoms with Crippen molar-refractivity contribution in [2.24, 2.45) is 0 Å². The van der Waals surface area contributed by atoms with Crippen molar-refractivity contribution >= 4 is 46.6 Å². The summed E-state index contributed by atoms with van der Waals surface area (Å²) in [5.41, 5.74) is 8.18. The molecule has 0 saturated carbocycles. The van der Waals surface area contributed by atoms with Crippen LogP contribution in [0.25, 0.3) is 0 Å². The Morgan fingerprint density at radius 3 is 2.28 bits per heavy atom. The van der Waals surface area contributed by atoms with E-state index in [2.05, 4.69) is 5.32 Å². The van der Waals surface area contributed by atoms with E-state index < -0.39 is 11.9 Å². The second kappa shape index (κ2) is 12.4. The number of benzene rings is 3. The number of piperazine rings is 1. The van der Waals surface area contributed by atoms with Crippen LogP contribution in [-0.4, -0.2) is 72.7 Å². The molecule has 4 amide bonds. The minimum atomic E-state index is -0.857. The summed E-state index contributed by atoms with van der Waals surface area (Å²) in [7, 11) is 1.64. The zero-order valence-corrected chi connectivity index (χ0v) is 22.3. The van der Waals surface area contributed by atoms with Crippen molar-refractivity contribution in [3.8, 4) is 0 Å². The van der Waals surface area contributed by atoms with Crippen LogP contribution in [0.4, 0.5) is 11.4 Å². The molecule has 0 aromatic heterocycles. The van der Waals surface area contributed by atoms with Gasteiger partial charge in [0, 0.05) is 48.5 Å². The Morgan fingerprint density at radius 1 is 0.974 bits per heavy atom. The number of amides is 4. The van der Waals surface area contributed by atoms with Crippen molar-refractivity contribution in [3.05, 3.63) is 95.0 Å². The number of halogens is 1. The molecule has 1 fully saturated rings. The third-order valence-electron chi connectivity index (χ3n) is 6.56. The van der Waals surface area contributed by atoms with Gasteiger partial charge in [0.15, 0.2) is 0 Å². The number of rotatable bonds is 8. The molecule has 1 heterocycles. The molecule has 1 saturated heterocycles. The van der Waals surface area contributed by atoms with Crippen molar-refractivity contribution in [2.75, 3.05) is 43.9 Å². The van der Waals surface area contributed by atoms with Gasteiger partial charge in [-0.05, 0) is 54.1 Å². The lowest BCUT2D eigenvalue weighted by Crippen LogP contribution is -2.56. The topological polar surface area (TPSA) is 116 Å². The van der Waals surface area contributed by atoms with Crippen molar-refractivity contribution in [1.82, 2.24) is 15.1 Å². The summed E-state index contributed by atoms with van der Waals surface area (Å²) >= 11 is 5.98. The number of nitrogens with one attached hydrogen (secondary N) is 1. The average molecular weight is 548 g/mol. The molecule has 0 radical (unpaired) electrons. The standard InChI is InChI=1S/C29H30ClN5O4/c1-33(24-13-9-22(30)10-14-24)29(39)25(17-20-5-3-2-4-6-20)32-26(36)18-34-15-16-35(19-27(34)37)28(38)21-7-11-23(31)12-8-21/h2-14,25H,15-19,31H2,1H3,(H,32,36). The van der Waals surface area contributed by atoms with Crippen molar-refractivity contribution in [2.45, 2.75) is 12.5 Å². The lowest BCUT2D eigenvalue weighted by molar-refractivity contribution is -0.139. The molecule has 39 heavy (non-hydrogen) atoms. The summed E-state index contributed by atoms with van der Waals surface area (Å²) < 4.78 is 0. The van der Waals surface area contributed by atoms with Crippen LogP contribution in [0.2, 0.25) is 5.02 Å². The van der Waals surface area contributed by atoms with E-state index in [4.69, 9.17) is 17.3 Å². The molecule has 3 aromatic carbocycles. The first kappa shape index (κ1) is 27.7. The Morgan fingerprint density at radius 2 is 1.64 bits per heavy atom. The average Bonchev–Trinajstić information content (AvgIpc) is 2.94. The van der Waals surface area contributed by atoms with E-state index in [9.17, 15) is 19.2 Å². The van der Waals surface area contributed by atoms with Gasteiger partial charge in [0.2, 0.25) is 17.7 Å². The second-order valence-electron chi connectivity index (χ2n) is 9.35. The quantitative estimate of drug-likeness (QED) is 0.421. The number of nitrogens with two attached hydrogens (primary N) is 1. The monoisotopic (exact) mass is 547 g/mol. The first-order valence-corrected chi connectivity index (χ1v) is 12.9. The van der Waals surface area contributed by atoms with Crippen LogP contribution in [0.3, 0.4) is 0 Å². The maximum Gasteiger partial charge on any atom is 0.254 e. The molecule has 1 unspecified atom stereocenters. The summed E-state index contributed by atoms with van der Waals surface area (Å²) in [4.78, 5) is 56.4. The van der Waals surface area contributed by atoms with Gasteiger partial charge in [-0.25, -0.2) is 0 Å². The summed E-state index contributed by atoms with van der Waals surface area (Å²) in [6, 6.07) is 21.9. The van der Waals surface area contributed by atoms with Crippen molar-refractivity contribution < 1.29 is 19.2 Å². The maximum atomic E-state index is 13.4. The number of nitrogens with zero attached hydrogens (tertiary/aromatic N) is 3. The Kier molecular flexibility index (Phi) is 8.83. The van der Waals surface area contributed by atoms with E-state index in [0.29, 0.717) is 22.0 Å². The van der Waals surface area contributed by atoms with Gasteiger partial charge in [-0.3, -0.25) is 19.2 Å². The smallest absolute Gasteiger partial charge is 0.254 e. The minimum absolute atomic E-state index is 0.137. The van der Waals surface area contributed by atoms with Gasteiger partial charge < -0.3 is 25.8 Å². The molecular weight excluding hydrogens is 518 g/mol. The zero-order valence-electron chi connectivity index (χ0n) is 21.5. The summed E-state index contributed by atoms with van der Waals surface area (Å²) in [5.74, 6) is -1.38. The molecule has 3 aromatic rings. The molecule has 4 rings (SSSR count). The van der Waals surface area contributed by atoms with Gasteiger partial charge in [-0.1, -0.05) is 41.9 Å². The van der Waals surface area contributed by atoms with Crippen LogP contribution in [0.15, 0.2) is 78.9 Å². The summed E-state index contributed by atoms with van der Waals surface area (Å²) in [5, 5.41) is 3.37. The molecule has 3 N–H and O–H groups in total. The fourth-order valence-corrected chi connectivity index (χ4v) is 4.47. The van der Waals surface area contributed by atoms with E-state index >= 15 is 0 Å². The molecule has 1 aliphatic heterocycles. The second-order valence-corrected chi connectivity index (χ2v) is 9.78. The van der Waals surface area contributed by atoms with E-state index in [0.717, 1.165) is 5.56 Å². The number of carbonyl (C=O) groups excluding carboxylic acids is 4. The van der Waals surface area contributed by atoms with Crippen LogP contribution in [0, 0.1) is 0 Å². The molecule has 1 aliphatic rings. The largest absolute Gasteiger partial charge is 0.399 e. The number of hydrogen-bond donors (Lipinski definition) is 2. The van der Waals surface area contributed by atoms with Gasteiger partial charge >= 0.3 is 0 Å². The van der Waals surface area contributed by atoms with E-state index in [1.165, 1.54) is 14.7 Å². The first-order chi connectivity index (χ1) is 18.7. The maximum absolute atomic E-state index is 13.4. The Hall–Kier alpha value is -4.37. The molecule has 9 nitrogen and oxygen atoms in total. The van der Waals surface area contributed by atoms with Crippen LogP contribution in [-0.2, 0) is 20.8 Å². The zero-order chi connectivity index (χ0) is 27.9.